The molecule has 4 heteroatoms. The first-order chi connectivity index (χ1) is 9.63. The van der Waals surface area contributed by atoms with Gasteiger partial charge in [0.05, 0.1) is 10.0 Å². The van der Waals surface area contributed by atoms with Gasteiger partial charge < -0.3 is 5.73 Å². The number of hydrogen-bond donors (Lipinski definition) is 1. The van der Waals surface area contributed by atoms with E-state index in [0.717, 1.165) is 12.1 Å². The van der Waals surface area contributed by atoms with Gasteiger partial charge in [-0.05, 0) is 24.2 Å². The van der Waals surface area contributed by atoms with Crippen LogP contribution in [0.25, 0.3) is 0 Å². The Bertz CT molecular complexity index is 558. The molecule has 1 atom stereocenters. The van der Waals surface area contributed by atoms with Crippen molar-refractivity contribution in [2.45, 2.75) is 12.6 Å². The van der Waals surface area contributed by atoms with E-state index >= 15 is 0 Å². The highest BCUT2D eigenvalue weighted by atomic mass is 35.5. The molecule has 0 heterocycles. The molecule has 0 amide bonds. The van der Waals surface area contributed by atoms with E-state index in [2.05, 4.69) is 17.0 Å². The maximum absolute atomic E-state index is 6.30. The number of halogens is 2. The molecule has 0 aliphatic carbocycles. The third kappa shape index (κ3) is 3.53. The van der Waals surface area contributed by atoms with E-state index in [9.17, 15) is 0 Å². The molecule has 0 aromatic heterocycles. The Morgan fingerprint density at radius 1 is 1.05 bits per heavy atom. The van der Waals surface area contributed by atoms with Gasteiger partial charge in [-0.25, -0.2) is 0 Å². The van der Waals surface area contributed by atoms with Crippen LogP contribution in [0, 0.1) is 0 Å². The Labute approximate surface area is 130 Å². The summed E-state index contributed by atoms with van der Waals surface area (Å²) in [6.07, 6.45) is 0. The van der Waals surface area contributed by atoms with Crippen molar-refractivity contribution in [3.05, 3.63) is 69.7 Å². The summed E-state index contributed by atoms with van der Waals surface area (Å²) in [5.74, 6) is 0. The topological polar surface area (TPSA) is 29.3 Å². The average Bonchev–Trinajstić information content (AvgIpc) is 2.45. The highest BCUT2D eigenvalue weighted by Crippen LogP contribution is 2.32. The predicted molar refractivity (Wildman–Crippen MR) is 86.2 cm³/mol. The van der Waals surface area contributed by atoms with Gasteiger partial charge in [-0.1, -0.05) is 65.7 Å². The smallest absolute Gasteiger partial charge is 0.0640 e. The zero-order valence-electron chi connectivity index (χ0n) is 11.4. The van der Waals surface area contributed by atoms with Crippen LogP contribution in [-0.4, -0.2) is 18.5 Å². The van der Waals surface area contributed by atoms with Crippen molar-refractivity contribution in [1.82, 2.24) is 4.90 Å². The second kappa shape index (κ2) is 7.09. The molecule has 0 fully saturated rings. The first-order valence-electron chi connectivity index (χ1n) is 6.51. The minimum Gasteiger partial charge on any atom is -0.329 e. The molecule has 2 nitrogen and oxygen atoms in total. The van der Waals surface area contributed by atoms with E-state index in [-0.39, 0.29) is 6.04 Å². The fraction of sp³-hybridized carbons (Fsp3) is 0.250. The quantitative estimate of drug-likeness (QED) is 0.900. The van der Waals surface area contributed by atoms with E-state index < -0.39 is 0 Å². The zero-order chi connectivity index (χ0) is 14.5. The van der Waals surface area contributed by atoms with Crippen molar-refractivity contribution in [1.29, 1.82) is 0 Å². The molecule has 2 aromatic rings. The molecule has 2 rings (SSSR count). The average molecular weight is 309 g/mol. The van der Waals surface area contributed by atoms with Crippen molar-refractivity contribution >= 4 is 23.2 Å². The van der Waals surface area contributed by atoms with Gasteiger partial charge in [0.15, 0.2) is 0 Å². The SMILES string of the molecule is CN(Cc1ccccc1)C(CN)c1cccc(Cl)c1Cl. The number of rotatable bonds is 5. The largest absolute Gasteiger partial charge is 0.329 e. The number of likely N-dealkylation sites (N-methyl/N-ethyl adjacent to an activating group) is 1. The molecule has 0 aliphatic heterocycles. The van der Waals surface area contributed by atoms with E-state index in [0.29, 0.717) is 16.6 Å². The standard InChI is InChI=1S/C16H18Cl2N2/c1-20(11-12-6-3-2-4-7-12)15(10-19)13-8-5-9-14(17)16(13)18/h2-9,15H,10-11,19H2,1H3. The highest BCUT2D eigenvalue weighted by Gasteiger charge is 2.19. The minimum atomic E-state index is 0.0430. The van der Waals surface area contributed by atoms with Crippen molar-refractivity contribution in [3.63, 3.8) is 0 Å². The summed E-state index contributed by atoms with van der Waals surface area (Å²) in [6, 6.07) is 16.0. The van der Waals surface area contributed by atoms with E-state index in [1.165, 1.54) is 5.56 Å². The Hall–Kier alpha value is -1.06. The number of nitrogens with zero attached hydrogens (tertiary/aromatic N) is 1. The molecule has 20 heavy (non-hydrogen) atoms. The van der Waals surface area contributed by atoms with E-state index in [1.54, 1.807) is 6.07 Å². The number of benzene rings is 2. The zero-order valence-corrected chi connectivity index (χ0v) is 12.9. The molecule has 0 saturated heterocycles. The van der Waals surface area contributed by atoms with Gasteiger partial charge in [0.25, 0.3) is 0 Å². The van der Waals surface area contributed by atoms with Gasteiger partial charge in [-0.3, -0.25) is 4.90 Å². The Morgan fingerprint density at radius 2 is 1.75 bits per heavy atom. The summed E-state index contributed by atoms with van der Waals surface area (Å²) in [5, 5.41) is 1.15. The Kier molecular flexibility index (Phi) is 5.44. The first-order valence-corrected chi connectivity index (χ1v) is 7.27. The van der Waals surface area contributed by atoms with Gasteiger partial charge in [0.1, 0.15) is 0 Å². The molecule has 2 aromatic carbocycles. The van der Waals surface area contributed by atoms with Gasteiger partial charge in [0, 0.05) is 19.1 Å². The lowest BCUT2D eigenvalue weighted by Crippen LogP contribution is -2.30. The van der Waals surface area contributed by atoms with Crippen LogP contribution >= 0.6 is 23.2 Å². The summed E-state index contributed by atoms with van der Waals surface area (Å²) < 4.78 is 0. The molecule has 2 N–H and O–H groups in total. The molecule has 0 aliphatic rings. The highest BCUT2D eigenvalue weighted by molar-refractivity contribution is 6.42. The van der Waals surface area contributed by atoms with E-state index in [1.807, 2.05) is 37.4 Å². The Balaban J connectivity index is 2.21. The monoisotopic (exact) mass is 308 g/mol. The fourth-order valence-electron chi connectivity index (χ4n) is 2.30. The lowest BCUT2D eigenvalue weighted by molar-refractivity contribution is 0.242. The molecule has 0 saturated carbocycles. The second-order valence-electron chi connectivity index (χ2n) is 4.80. The number of hydrogen-bond acceptors (Lipinski definition) is 2. The van der Waals surface area contributed by atoms with Crippen LogP contribution < -0.4 is 5.73 Å². The van der Waals surface area contributed by atoms with Crippen LogP contribution in [-0.2, 0) is 6.54 Å². The lowest BCUT2D eigenvalue weighted by atomic mass is 10.0. The lowest BCUT2D eigenvalue weighted by Gasteiger charge is -2.28. The molecule has 106 valence electrons. The van der Waals surface area contributed by atoms with Crippen LogP contribution in [0.5, 0.6) is 0 Å². The van der Waals surface area contributed by atoms with Crippen molar-refractivity contribution in [2.24, 2.45) is 5.73 Å². The first kappa shape index (κ1) is 15.3. The van der Waals surface area contributed by atoms with Crippen LogP contribution in [0.15, 0.2) is 48.5 Å². The second-order valence-corrected chi connectivity index (χ2v) is 5.58. The van der Waals surface area contributed by atoms with Gasteiger partial charge in [-0.2, -0.15) is 0 Å². The van der Waals surface area contributed by atoms with Crippen molar-refractivity contribution in [3.8, 4) is 0 Å². The molecule has 0 radical (unpaired) electrons. The van der Waals surface area contributed by atoms with Gasteiger partial charge in [0.2, 0.25) is 0 Å². The van der Waals surface area contributed by atoms with Crippen molar-refractivity contribution < 1.29 is 0 Å². The van der Waals surface area contributed by atoms with Crippen LogP contribution in [0.4, 0.5) is 0 Å². The third-order valence-corrected chi connectivity index (χ3v) is 4.20. The Morgan fingerprint density at radius 3 is 2.40 bits per heavy atom. The maximum Gasteiger partial charge on any atom is 0.0640 e. The van der Waals surface area contributed by atoms with Crippen molar-refractivity contribution in [2.75, 3.05) is 13.6 Å². The molecule has 1 unspecified atom stereocenters. The summed E-state index contributed by atoms with van der Waals surface area (Å²) in [6.45, 7) is 1.30. The summed E-state index contributed by atoms with van der Waals surface area (Å²) in [5.41, 5.74) is 8.15. The summed E-state index contributed by atoms with van der Waals surface area (Å²) in [7, 11) is 2.04. The molecular formula is C16H18Cl2N2. The molecular weight excluding hydrogens is 291 g/mol. The summed E-state index contributed by atoms with van der Waals surface area (Å²) >= 11 is 12.4. The third-order valence-electron chi connectivity index (χ3n) is 3.37. The number of nitrogens with two attached hydrogens (primary N) is 1. The fourth-order valence-corrected chi connectivity index (χ4v) is 2.74. The minimum absolute atomic E-state index is 0.0430. The van der Waals surface area contributed by atoms with Gasteiger partial charge >= 0.3 is 0 Å². The molecule has 0 spiro atoms. The normalized spacial score (nSPS) is 12.7. The summed E-state index contributed by atoms with van der Waals surface area (Å²) in [4.78, 5) is 2.19. The van der Waals surface area contributed by atoms with Crippen LogP contribution in [0.2, 0.25) is 10.0 Å². The molecule has 0 bridgehead atoms. The predicted octanol–water partition coefficient (Wildman–Crippen LogP) is 4.13. The van der Waals surface area contributed by atoms with Crippen LogP contribution in [0.3, 0.4) is 0 Å². The van der Waals surface area contributed by atoms with E-state index in [4.69, 9.17) is 28.9 Å². The van der Waals surface area contributed by atoms with Gasteiger partial charge in [-0.15, -0.1) is 0 Å². The van der Waals surface area contributed by atoms with Crippen LogP contribution in [0.1, 0.15) is 17.2 Å². The maximum atomic E-state index is 6.30.